The number of nitrogens with two attached hydrogens (primary N) is 1. The Hall–Kier alpha value is -1.63. The van der Waals surface area contributed by atoms with Gasteiger partial charge in [-0.25, -0.2) is 4.98 Å². The number of nitrogens with zero attached hydrogens (tertiary/aromatic N) is 2. The second kappa shape index (κ2) is 5.78. The van der Waals surface area contributed by atoms with E-state index in [1.165, 1.54) is 11.3 Å². The topological polar surface area (TPSA) is 88.3 Å². The third-order valence-corrected chi connectivity index (χ3v) is 4.36. The van der Waals surface area contributed by atoms with Crippen molar-refractivity contribution in [2.24, 2.45) is 0 Å². The highest BCUT2D eigenvalue weighted by molar-refractivity contribution is 7.15. The SMILES string of the molecule is Cc1nc(N)sc1CC(=O)N[C@@H]1CC(=O)N(C(C)C)C1. The van der Waals surface area contributed by atoms with Crippen molar-refractivity contribution in [2.45, 2.75) is 45.7 Å². The number of likely N-dealkylation sites (tertiary alicyclic amines) is 1. The van der Waals surface area contributed by atoms with Gasteiger partial charge in [-0.1, -0.05) is 0 Å². The summed E-state index contributed by atoms with van der Waals surface area (Å²) in [5, 5.41) is 3.39. The van der Waals surface area contributed by atoms with Gasteiger partial charge in [-0.2, -0.15) is 0 Å². The molecule has 1 fully saturated rings. The molecule has 0 radical (unpaired) electrons. The fourth-order valence-corrected chi connectivity index (χ4v) is 3.20. The van der Waals surface area contributed by atoms with Gasteiger partial charge in [-0.15, -0.1) is 11.3 Å². The van der Waals surface area contributed by atoms with Gasteiger partial charge in [-0.3, -0.25) is 9.59 Å². The molecule has 6 nitrogen and oxygen atoms in total. The van der Waals surface area contributed by atoms with Crippen LogP contribution in [0.1, 0.15) is 30.8 Å². The van der Waals surface area contributed by atoms with E-state index in [0.717, 1.165) is 10.6 Å². The minimum atomic E-state index is -0.0945. The molecular formula is C13H20N4O2S. The van der Waals surface area contributed by atoms with Gasteiger partial charge in [0.15, 0.2) is 5.13 Å². The minimum Gasteiger partial charge on any atom is -0.375 e. The lowest BCUT2D eigenvalue weighted by molar-refractivity contribution is -0.129. The summed E-state index contributed by atoms with van der Waals surface area (Å²) in [7, 11) is 0. The zero-order valence-electron chi connectivity index (χ0n) is 12.0. The molecule has 0 unspecified atom stereocenters. The van der Waals surface area contributed by atoms with Gasteiger partial charge in [-0.05, 0) is 20.8 Å². The number of hydrogen-bond acceptors (Lipinski definition) is 5. The smallest absolute Gasteiger partial charge is 0.225 e. The average molecular weight is 296 g/mol. The molecule has 7 heteroatoms. The maximum absolute atomic E-state index is 12.0. The molecule has 1 aliphatic heterocycles. The molecule has 0 bridgehead atoms. The molecule has 20 heavy (non-hydrogen) atoms. The van der Waals surface area contributed by atoms with Crippen LogP contribution in [0.3, 0.4) is 0 Å². The molecule has 0 spiro atoms. The van der Waals surface area contributed by atoms with Crippen molar-refractivity contribution in [3.05, 3.63) is 10.6 Å². The maximum Gasteiger partial charge on any atom is 0.225 e. The van der Waals surface area contributed by atoms with E-state index in [1.54, 1.807) is 4.90 Å². The van der Waals surface area contributed by atoms with Gasteiger partial charge >= 0.3 is 0 Å². The fraction of sp³-hybridized carbons (Fsp3) is 0.615. The maximum atomic E-state index is 12.0. The van der Waals surface area contributed by atoms with E-state index in [-0.39, 0.29) is 30.3 Å². The van der Waals surface area contributed by atoms with Crippen LogP contribution in [0.25, 0.3) is 0 Å². The molecular weight excluding hydrogens is 276 g/mol. The fourth-order valence-electron chi connectivity index (χ4n) is 2.37. The number of thiazole rings is 1. The van der Waals surface area contributed by atoms with E-state index < -0.39 is 0 Å². The van der Waals surface area contributed by atoms with E-state index in [0.29, 0.717) is 18.1 Å². The Kier molecular flexibility index (Phi) is 4.27. The van der Waals surface area contributed by atoms with E-state index in [9.17, 15) is 9.59 Å². The van der Waals surface area contributed by atoms with E-state index in [4.69, 9.17) is 5.73 Å². The first-order chi connectivity index (χ1) is 9.36. The van der Waals surface area contributed by atoms with Crippen molar-refractivity contribution in [3.8, 4) is 0 Å². The lowest BCUT2D eigenvalue weighted by atomic mass is 10.2. The molecule has 1 atom stereocenters. The number of anilines is 1. The quantitative estimate of drug-likeness (QED) is 0.856. The largest absolute Gasteiger partial charge is 0.375 e. The van der Waals surface area contributed by atoms with Crippen LogP contribution in [0.5, 0.6) is 0 Å². The third kappa shape index (κ3) is 3.27. The van der Waals surface area contributed by atoms with Crippen molar-refractivity contribution >= 4 is 28.3 Å². The van der Waals surface area contributed by atoms with Crippen LogP contribution >= 0.6 is 11.3 Å². The van der Waals surface area contributed by atoms with Crippen LogP contribution in [0, 0.1) is 6.92 Å². The summed E-state index contributed by atoms with van der Waals surface area (Å²) >= 11 is 1.34. The molecule has 1 aromatic rings. The van der Waals surface area contributed by atoms with Crippen LogP contribution in [0.2, 0.25) is 0 Å². The predicted octanol–water partition coefficient (Wildman–Crippen LogP) is 0.702. The van der Waals surface area contributed by atoms with Crippen molar-refractivity contribution in [1.82, 2.24) is 15.2 Å². The summed E-state index contributed by atoms with van der Waals surface area (Å²) in [5.74, 6) is 0.0173. The molecule has 1 saturated heterocycles. The highest BCUT2D eigenvalue weighted by Gasteiger charge is 2.31. The Labute approximate surface area is 122 Å². The second-order valence-corrected chi connectivity index (χ2v) is 6.46. The van der Waals surface area contributed by atoms with Crippen LogP contribution in [-0.2, 0) is 16.0 Å². The molecule has 2 heterocycles. The highest BCUT2D eigenvalue weighted by atomic mass is 32.1. The van der Waals surface area contributed by atoms with E-state index in [1.807, 2.05) is 20.8 Å². The number of carbonyl (C=O) groups excluding carboxylic acids is 2. The predicted molar refractivity (Wildman–Crippen MR) is 78.4 cm³/mol. The van der Waals surface area contributed by atoms with Gasteiger partial charge in [0.2, 0.25) is 11.8 Å². The third-order valence-electron chi connectivity index (χ3n) is 3.38. The second-order valence-electron chi connectivity index (χ2n) is 5.35. The number of nitrogens with one attached hydrogen (secondary N) is 1. The molecule has 2 rings (SSSR count). The number of amides is 2. The summed E-state index contributed by atoms with van der Waals surface area (Å²) in [5.41, 5.74) is 6.41. The zero-order chi connectivity index (χ0) is 14.9. The number of rotatable bonds is 4. The molecule has 2 amide bonds. The van der Waals surface area contributed by atoms with Crippen LogP contribution < -0.4 is 11.1 Å². The number of nitrogen functional groups attached to an aromatic ring is 1. The van der Waals surface area contributed by atoms with Crippen molar-refractivity contribution in [2.75, 3.05) is 12.3 Å². The molecule has 1 aliphatic rings. The van der Waals surface area contributed by atoms with Crippen molar-refractivity contribution in [1.29, 1.82) is 0 Å². The number of aryl methyl sites for hydroxylation is 1. The molecule has 0 aromatic carbocycles. The first kappa shape index (κ1) is 14.8. The lowest BCUT2D eigenvalue weighted by Gasteiger charge is -2.21. The van der Waals surface area contributed by atoms with Gasteiger partial charge in [0.25, 0.3) is 0 Å². The van der Waals surface area contributed by atoms with Crippen molar-refractivity contribution < 1.29 is 9.59 Å². The standard InChI is InChI=1S/C13H20N4O2S/c1-7(2)17-6-9(4-12(17)19)16-11(18)5-10-8(3)15-13(14)20-10/h7,9H,4-6H2,1-3H3,(H2,14,15)(H,16,18)/t9-/m1/s1. The summed E-state index contributed by atoms with van der Waals surface area (Å²) in [6.07, 6.45) is 0.654. The molecule has 1 aromatic heterocycles. The van der Waals surface area contributed by atoms with Crippen LogP contribution in [-0.4, -0.2) is 40.3 Å². The first-order valence-electron chi connectivity index (χ1n) is 6.67. The van der Waals surface area contributed by atoms with E-state index >= 15 is 0 Å². The van der Waals surface area contributed by atoms with Gasteiger partial charge in [0.05, 0.1) is 18.2 Å². The Balaban J connectivity index is 1.90. The zero-order valence-corrected chi connectivity index (χ0v) is 12.8. The van der Waals surface area contributed by atoms with Crippen LogP contribution in [0.4, 0.5) is 5.13 Å². The Bertz CT molecular complexity index is 526. The Morgan fingerprint density at radius 2 is 2.30 bits per heavy atom. The Morgan fingerprint density at radius 3 is 2.80 bits per heavy atom. The average Bonchev–Trinajstić information content (AvgIpc) is 2.82. The Morgan fingerprint density at radius 1 is 1.60 bits per heavy atom. The first-order valence-corrected chi connectivity index (χ1v) is 7.49. The minimum absolute atomic E-state index is 0.0832. The van der Waals surface area contributed by atoms with Gasteiger partial charge < -0.3 is 16.0 Å². The number of hydrogen-bond donors (Lipinski definition) is 2. The molecule has 110 valence electrons. The van der Waals surface area contributed by atoms with Crippen molar-refractivity contribution in [3.63, 3.8) is 0 Å². The molecule has 3 N–H and O–H groups in total. The van der Waals surface area contributed by atoms with Crippen LogP contribution in [0.15, 0.2) is 0 Å². The van der Waals surface area contributed by atoms with Gasteiger partial charge in [0.1, 0.15) is 0 Å². The summed E-state index contributed by atoms with van der Waals surface area (Å²) in [6.45, 7) is 6.39. The summed E-state index contributed by atoms with van der Waals surface area (Å²) in [6, 6.07) is 0.0796. The lowest BCUT2D eigenvalue weighted by Crippen LogP contribution is -2.39. The number of carbonyl (C=O) groups is 2. The normalized spacial score (nSPS) is 18.9. The highest BCUT2D eigenvalue weighted by Crippen LogP contribution is 2.20. The summed E-state index contributed by atoms with van der Waals surface area (Å²) in [4.78, 5) is 30.6. The summed E-state index contributed by atoms with van der Waals surface area (Å²) < 4.78 is 0. The number of aromatic nitrogens is 1. The molecule has 0 saturated carbocycles. The van der Waals surface area contributed by atoms with E-state index in [2.05, 4.69) is 10.3 Å². The van der Waals surface area contributed by atoms with Gasteiger partial charge in [0, 0.05) is 23.9 Å². The molecule has 0 aliphatic carbocycles. The monoisotopic (exact) mass is 296 g/mol.